The lowest BCUT2D eigenvalue weighted by atomic mass is 10.1. The first-order valence-corrected chi connectivity index (χ1v) is 4.99. The van der Waals surface area contributed by atoms with Gasteiger partial charge in [-0.25, -0.2) is 0 Å². The molecule has 0 aliphatic carbocycles. The number of Topliss-reactive ketones (excluding diaryl/α,β-unsaturated/α-hetero) is 1. The van der Waals surface area contributed by atoms with Crippen molar-refractivity contribution in [3.63, 3.8) is 0 Å². The van der Waals surface area contributed by atoms with Crippen molar-refractivity contribution in [1.82, 2.24) is 0 Å². The van der Waals surface area contributed by atoms with Gasteiger partial charge in [-0.15, -0.1) is 11.8 Å². The second-order valence-electron chi connectivity index (χ2n) is 3.03. The average Bonchev–Trinajstić information content (AvgIpc) is 2.31. The van der Waals surface area contributed by atoms with Crippen molar-refractivity contribution in [2.45, 2.75) is 37.1 Å². The molecule has 1 N–H and O–H groups in total. The number of rotatable bonds is 3. The Kier molecular flexibility index (Phi) is 3.55. The second-order valence-corrected chi connectivity index (χ2v) is 4.44. The van der Waals surface area contributed by atoms with Gasteiger partial charge in [0.2, 0.25) is 0 Å². The Morgan fingerprint density at radius 2 is 2.33 bits per heavy atom. The quantitative estimate of drug-likeness (QED) is 0.715. The number of aliphatic hydroxyl groups excluding tert-OH is 1. The molecular weight excluding hydrogens is 176 g/mol. The van der Waals surface area contributed by atoms with E-state index < -0.39 is 0 Å². The number of carbonyl (C=O) groups excluding carboxylic acids is 1. The van der Waals surface area contributed by atoms with E-state index in [0.717, 1.165) is 0 Å². The molecule has 1 rings (SSSR count). The summed E-state index contributed by atoms with van der Waals surface area (Å²) in [4.78, 5) is 10.8. The number of ether oxygens (including phenoxy) is 1. The van der Waals surface area contributed by atoms with E-state index in [2.05, 4.69) is 0 Å². The summed E-state index contributed by atoms with van der Waals surface area (Å²) in [5.74, 6) is 0.182. The number of ketones is 1. The van der Waals surface area contributed by atoms with Gasteiger partial charge >= 0.3 is 0 Å². The van der Waals surface area contributed by atoms with E-state index in [9.17, 15) is 4.79 Å². The molecule has 1 aliphatic heterocycles. The molecule has 3 atom stereocenters. The monoisotopic (exact) mass is 190 g/mol. The third kappa shape index (κ3) is 2.47. The van der Waals surface area contributed by atoms with Gasteiger partial charge < -0.3 is 9.84 Å². The van der Waals surface area contributed by atoms with Crippen LogP contribution in [0.15, 0.2) is 0 Å². The van der Waals surface area contributed by atoms with Crippen LogP contribution in [0.3, 0.4) is 0 Å². The topological polar surface area (TPSA) is 46.5 Å². The number of thioether (sulfide) groups is 1. The van der Waals surface area contributed by atoms with Crippen LogP contribution < -0.4 is 0 Å². The normalized spacial score (nSPS) is 35.4. The molecule has 0 aromatic rings. The summed E-state index contributed by atoms with van der Waals surface area (Å²) >= 11 is 1.55. The first-order chi connectivity index (χ1) is 5.63. The third-order valence-corrected chi connectivity index (χ3v) is 3.32. The largest absolute Gasteiger partial charge is 0.393 e. The number of aliphatic hydroxyl groups is 1. The molecule has 1 saturated heterocycles. The predicted octanol–water partition coefficient (Wildman–Crippen LogP) is 0.804. The summed E-state index contributed by atoms with van der Waals surface area (Å²) in [6.45, 7) is 3.55. The Labute approximate surface area is 76.5 Å². The summed E-state index contributed by atoms with van der Waals surface area (Å²) in [6.07, 6.45) is 0.624. The zero-order valence-corrected chi connectivity index (χ0v) is 8.13. The van der Waals surface area contributed by atoms with Crippen LogP contribution >= 0.6 is 11.8 Å². The number of hydrogen-bond donors (Lipinski definition) is 1. The molecule has 1 heterocycles. The van der Waals surface area contributed by atoms with Crippen molar-refractivity contribution in [3.8, 4) is 0 Å². The molecule has 0 saturated carbocycles. The lowest BCUT2D eigenvalue weighted by molar-refractivity contribution is -0.117. The highest BCUT2D eigenvalue weighted by Crippen LogP contribution is 2.34. The zero-order chi connectivity index (χ0) is 9.14. The Balaban J connectivity index is 2.40. The van der Waals surface area contributed by atoms with Crippen molar-refractivity contribution in [2.24, 2.45) is 0 Å². The minimum Gasteiger partial charge on any atom is -0.393 e. The number of hydrogen-bond acceptors (Lipinski definition) is 4. The summed E-state index contributed by atoms with van der Waals surface area (Å²) in [5, 5.41) is 9.03. The van der Waals surface area contributed by atoms with Crippen LogP contribution in [0.4, 0.5) is 0 Å². The smallest absolute Gasteiger partial charge is 0.131 e. The van der Waals surface area contributed by atoms with E-state index in [0.29, 0.717) is 6.42 Å². The Morgan fingerprint density at radius 1 is 1.67 bits per heavy atom. The standard InChI is InChI=1S/C8H14O3S/c1-5(10)3-7-6(2)11-8(4-9)12-7/h6-9H,3-4H2,1-2H3. The first kappa shape index (κ1) is 10.0. The van der Waals surface area contributed by atoms with Crippen LogP contribution in [-0.2, 0) is 9.53 Å². The van der Waals surface area contributed by atoms with Gasteiger partial charge in [0.1, 0.15) is 11.2 Å². The summed E-state index contributed by atoms with van der Waals surface area (Å²) in [7, 11) is 0. The molecule has 1 aliphatic rings. The lowest BCUT2D eigenvalue weighted by Crippen LogP contribution is -2.18. The molecule has 3 nitrogen and oxygen atoms in total. The minimum atomic E-state index is -0.135. The van der Waals surface area contributed by atoms with Gasteiger partial charge in [-0.1, -0.05) is 0 Å². The lowest BCUT2D eigenvalue weighted by Gasteiger charge is -2.09. The highest BCUT2D eigenvalue weighted by atomic mass is 32.2. The van der Waals surface area contributed by atoms with Crippen LogP contribution in [0.2, 0.25) is 0 Å². The van der Waals surface area contributed by atoms with Crippen LogP contribution in [0.1, 0.15) is 20.3 Å². The highest BCUT2D eigenvalue weighted by molar-refractivity contribution is 8.00. The van der Waals surface area contributed by atoms with Crippen molar-refractivity contribution in [2.75, 3.05) is 6.61 Å². The highest BCUT2D eigenvalue weighted by Gasteiger charge is 2.32. The molecule has 0 bridgehead atoms. The predicted molar refractivity (Wildman–Crippen MR) is 48.1 cm³/mol. The van der Waals surface area contributed by atoms with Crippen molar-refractivity contribution in [1.29, 1.82) is 0 Å². The van der Waals surface area contributed by atoms with Gasteiger partial charge in [0.05, 0.1) is 12.7 Å². The molecule has 0 spiro atoms. The van der Waals surface area contributed by atoms with Gasteiger partial charge in [0, 0.05) is 11.7 Å². The van der Waals surface area contributed by atoms with Crippen LogP contribution in [-0.4, -0.2) is 34.3 Å². The molecule has 0 radical (unpaired) electrons. The molecule has 0 aromatic heterocycles. The fraction of sp³-hybridized carbons (Fsp3) is 0.875. The van der Waals surface area contributed by atoms with E-state index in [1.165, 1.54) is 0 Å². The molecule has 0 amide bonds. The Hall–Kier alpha value is -0.0600. The van der Waals surface area contributed by atoms with E-state index in [-0.39, 0.29) is 29.2 Å². The van der Waals surface area contributed by atoms with Crippen molar-refractivity contribution < 1.29 is 14.6 Å². The second kappa shape index (κ2) is 4.25. The minimum absolute atomic E-state index is 0.0312. The van der Waals surface area contributed by atoms with Gasteiger partial charge in [-0.2, -0.15) is 0 Å². The SMILES string of the molecule is CC(=O)CC1SC(CO)OC1C. The van der Waals surface area contributed by atoms with E-state index >= 15 is 0 Å². The zero-order valence-electron chi connectivity index (χ0n) is 7.32. The molecule has 12 heavy (non-hydrogen) atoms. The molecular formula is C8H14O3S. The van der Waals surface area contributed by atoms with Gasteiger partial charge in [-0.05, 0) is 13.8 Å². The van der Waals surface area contributed by atoms with Gasteiger partial charge in [-0.3, -0.25) is 4.79 Å². The molecule has 0 aromatic carbocycles. The van der Waals surface area contributed by atoms with E-state index in [1.807, 2.05) is 6.92 Å². The third-order valence-electron chi connectivity index (χ3n) is 1.85. The van der Waals surface area contributed by atoms with Crippen LogP contribution in [0.25, 0.3) is 0 Å². The molecule has 4 heteroatoms. The molecule has 3 unspecified atom stereocenters. The Morgan fingerprint density at radius 3 is 2.75 bits per heavy atom. The average molecular weight is 190 g/mol. The van der Waals surface area contributed by atoms with Gasteiger partial charge in [0.15, 0.2) is 0 Å². The van der Waals surface area contributed by atoms with Crippen LogP contribution in [0.5, 0.6) is 0 Å². The maximum atomic E-state index is 10.8. The molecule has 70 valence electrons. The summed E-state index contributed by atoms with van der Waals surface area (Å²) < 4.78 is 5.38. The van der Waals surface area contributed by atoms with Crippen molar-refractivity contribution >= 4 is 17.5 Å². The van der Waals surface area contributed by atoms with E-state index in [4.69, 9.17) is 9.84 Å². The Bertz CT molecular complexity index is 172. The summed E-state index contributed by atoms with van der Waals surface area (Å²) in [6, 6.07) is 0. The first-order valence-electron chi connectivity index (χ1n) is 4.04. The number of carbonyl (C=O) groups is 1. The van der Waals surface area contributed by atoms with Crippen molar-refractivity contribution in [3.05, 3.63) is 0 Å². The molecule has 1 fully saturated rings. The fourth-order valence-electron chi connectivity index (χ4n) is 1.25. The van der Waals surface area contributed by atoms with E-state index in [1.54, 1.807) is 18.7 Å². The summed E-state index contributed by atoms with van der Waals surface area (Å²) in [5.41, 5.74) is -0.135. The van der Waals surface area contributed by atoms with Gasteiger partial charge in [0.25, 0.3) is 0 Å². The van der Waals surface area contributed by atoms with Crippen LogP contribution in [0, 0.1) is 0 Å². The fourth-order valence-corrected chi connectivity index (χ4v) is 2.58. The maximum absolute atomic E-state index is 10.8. The maximum Gasteiger partial charge on any atom is 0.131 e.